The third kappa shape index (κ3) is 3.51. The van der Waals surface area contributed by atoms with Crippen LogP contribution in [0, 0.1) is 0 Å². The number of benzene rings is 1. The number of aromatic nitrogens is 3. The predicted octanol–water partition coefficient (Wildman–Crippen LogP) is 5.32. The fraction of sp³-hybridized carbons (Fsp3) is 0.174. The number of hydrogen-bond acceptors (Lipinski definition) is 4. The molecule has 27 heavy (non-hydrogen) atoms. The second-order valence-electron chi connectivity index (χ2n) is 6.70. The smallest absolute Gasteiger partial charge is 0.163 e. The van der Waals surface area contributed by atoms with Crippen molar-refractivity contribution in [2.24, 2.45) is 0 Å². The van der Waals surface area contributed by atoms with Crippen LogP contribution in [0.1, 0.15) is 19.3 Å². The van der Waals surface area contributed by atoms with Crippen molar-refractivity contribution >= 4 is 16.7 Å². The molecule has 1 aliphatic rings. The average Bonchev–Trinajstić information content (AvgIpc) is 2.74. The molecule has 0 spiro atoms. The summed E-state index contributed by atoms with van der Waals surface area (Å²) in [5.74, 6) is 1.56. The van der Waals surface area contributed by atoms with Crippen LogP contribution in [-0.4, -0.2) is 21.0 Å². The molecule has 0 saturated carbocycles. The van der Waals surface area contributed by atoms with E-state index in [1.165, 1.54) is 11.1 Å². The van der Waals surface area contributed by atoms with Gasteiger partial charge in [0.1, 0.15) is 5.82 Å². The van der Waals surface area contributed by atoms with Gasteiger partial charge in [0.2, 0.25) is 0 Å². The van der Waals surface area contributed by atoms with Crippen LogP contribution in [0.5, 0.6) is 0 Å². The van der Waals surface area contributed by atoms with Crippen LogP contribution in [-0.2, 0) is 0 Å². The van der Waals surface area contributed by atoms with E-state index in [-0.39, 0.29) is 0 Å². The summed E-state index contributed by atoms with van der Waals surface area (Å²) in [5, 5.41) is 4.69. The summed E-state index contributed by atoms with van der Waals surface area (Å²) >= 11 is 0. The minimum Gasteiger partial charge on any atom is -0.366 e. The van der Waals surface area contributed by atoms with Gasteiger partial charge in [0, 0.05) is 29.4 Å². The Morgan fingerprint density at radius 2 is 1.85 bits per heavy atom. The number of anilines is 1. The van der Waals surface area contributed by atoms with E-state index in [1.807, 2.05) is 42.5 Å². The van der Waals surface area contributed by atoms with E-state index in [4.69, 9.17) is 9.97 Å². The highest BCUT2D eigenvalue weighted by Gasteiger charge is 2.20. The molecule has 0 radical (unpaired) electrons. The van der Waals surface area contributed by atoms with Crippen molar-refractivity contribution in [3.05, 3.63) is 85.2 Å². The average molecular weight is 354 g/mol. The zero-order chi connectivity index (χ0) is 18.6. The number of nitrogens with one attached hydrogen (secondary N) is 1. The highest BCUT2D eigenvalue weighted by Crippen LogP contribution is 2.31. The van der Waals surface area contributed by atoms with Crippen LogP contribution >= 0.6 is 0 Å². The number of para-hydroxylation sites is 1. The number of fused-ring (bicyclic) bond motifs is 1. The summed E-state index contributed by atoms with van der Waals surface area (Å²) in [6.45, 7) is 7.89. The molecule has 4 rings (SSSR count). The van der Waals surface area contributed by atoms with Crippen LogP contribution < -0.4 is 5.32 Å². The lowest BCUT2D eigenvalue weighted by Crippen LogP contribution is -2.24. The van der Waals surface area contributed by atoms with Gasteiger partial charge in [-0.3, -0.25) is 4.98 Å². The molecule has 2 heterocycles. The van der Waals surface area contributed by atoms with Crippen LogP contribution in [0.2, 0.25) is 0 Å². The molecule has 2 aromatic heterocycles. The van der Waals surface area contributed by atoms with E-state index < -0.39 is 0 Å². The maximum Gasteiger partial charge on any atom is 0.163 e. The number of allylic oxidation sites excluding steroid dienone is 3. The standard InChI is InChI=1S/C23H22N4/c1-3-16-11-12-19(14-17(16)4-2)25-23-20-9-5-6-10-21(20)26-22(27-23)18-8-7-13-24-15-18/h3-10,13,15,19H,1-2,11-12,14H2,(H,25,26,27)/t19-/m0/s1. The first-order valence-electron chi connectivity index (χ1n) is 9.19. The Kier molecular flexibility index (Phi) is 4.79. The first-order chi connectivity index (χ1) is 13.3. The molecular weight excluding hydrogens is 332 g/mol. The van der Waals surface area contributed by atoms with Crippen LogP contribution in [0.25, 0.3) is 22.3 Å². The fourth-order valence-electron chi connectivity index (χ4n) is 3.56. The van der Waals surface area contributed by atoms with E-state index in [0.29, 0.717) is 11.9 Å². The molecule has 3 aromatic rings. The molecule has 1 atom stereocenters. The van der Waals surface area contributed by atoms with Crippen molar-refractivity contribution in [1.29, 1.82) is 0 Å². The normalized spacial score (nSPS) is 17.0. The first-order valence-corrected chi connectivity index (χ1v) is 9.19. The lowest BCUT2D eigenvalue weighted by Gasteiger charge is -2.26. The Labute approximate surface area is 159 Å². The molecule has 1 N–H and O–H groups in total. The lowest BCUT2D eigenvalue weighted by atomic mass is 9.88. The highest BCUT2D eigenvalue weighted by atomic mass is 15.1. The Hall–Kier alpha value is -3.27. The second kappa shape index (κ2) is 7.54. The molecule has 134 valence electrons. The minimum atomic E-state index is 0.307. The Morgan fingerprint density at radius 1 is 1.00 bits per heavy atom. The van der Waals surface area contributed by atoms with Crippen molar-refractivity contribution in [3.8, 4) is 11.4 Å². The molecule has 4 heteroatoms. The molecule has 0 unspecified atom stereocenters. The SMILES string of the molecule is C=CC1=C(C=C)C[C@@H](Nc2nc(-c3cccnc3)nc3ccccc23)CC1. The number of hydrogen-bond donors (Lipinski definition) is 1. The molecule has 0 bridgehead atoms. The third-order valence-electron chi connectivity index (χ3n) is 5.00. The maximum atomic E-state index is 4.83. The molecule has 4 nitrogen and oxygen atoms in total. The van der Waals surface area contributed by atoms with Crippen molar-refractivity contribution < 1.29 is 0 Å². The topological polar surface area (TPSA) is 50.7 Å². The molecule has 0 fully saturated rings. The number of pyridine rings is 1. The van der Waals surface area contributed by atoms with E-state index >= 15 is 0 Å². The van der Waals surface area contributed by atoms with E-state index in [9.17, 15) is 0 Å². The lowest BCUT2D eigenvalue weighted by molar-refractivity contribution is 0.616. The minimum absolute atomic E-state index is 0.307. The summed E-state index contributed by atoms with van der Waals surface area (Å²) in [6.07, 6.45) is 10.4. The van der Waals surface area contributed by atoms with Gasteiger partial charge in [0.05, 0.1) is 5.52 Å². The quantitative estimate of drug-likeness (QED) is 0.673. The molecule has 1 aromatic carbocycles. The van der Waals surface area contributed by atoms with Crippen LogP contribution in [0.3, 0.4) is 0 Å². The zero-order valence-electron chi connectivity index (χ0n) is 15.2. The Bertz CT molecular complexity index is 1020. The van der Waals surface area contributed by atoms with E-state index in [1.54, 1.807) is 12.4 Å². The third-order valence-corrected chi connectivity index (χ3v) is 5.00. The number of rotatable bonds is 5. The predicted molar refractivity (Wildman–Crippen MR) is 111 cm³/mol. The van der Waals surface area contributed by atoms with E-state index in [2.05, 4.69) is 29.5 Å². The summed E-state index contributed by atoms with van der Waals surface area (Å²) in [7, 11) is 0. The van der Waals surface area contributed by atoms with Crippen LogP contribution in [0.15, 0.2) is 85.2 Å². The van der Waals surface area contributed by atoms with Crippen molar-refractivity contribution in [3.63, 3.8) is 0 Å². The van der Waals surface area contributed by atoms with Gasteiger partial charge >= 0.3 is 0 Å². The van der Waals surface area contributed by atoms with Gasteiger partial charge in [-0.15, -0.1) is 0 Å². The van der Waals surface area contributed by atoms with Gasteiger partial charge < -0.3 is 5.32 Å². The molecule has 1 aliphatic carbocycles. The van der Waals surface area contributed by atoms with Crippen molar-refractivity contribution in [1.82, 2.24) is 15.0 Å². The van der Waals surface area contributed by atoms with Gasteiger partial charge in [0.25, 0.3) is 0 Å². The van der Waals surface area contributed by atoms with Gasteiger partial charge in [-0.05, 0) is 54.7 Å². The molecule has 0 aliphatic heterocycles. The summed E-state index contributed by atoms with van der Waals surface area (Å²) in [5.41, 5.74) is 4.40. The molecule has 0 amide bonds. The van der Waals surface area contributed by atoms with Crippen molar-refractivity contribution in [2.45, 2.75) is 25.3 Å². The zero-order valence-corrected chi connectivity index (χ0v) is 15.2. The monoisotopic (exact) mass is 354 g/mol. The van der Waals surface area contributed by atoms with Gasteiger partial charge in [-0.25, -0.2) is 9.97 Å². The number of nitrogens with zero attached hydrogens (tertiary/aromatic N) is 3. The largest absolute Gasteiger partial charge is 0.366 e. The Morgan fingerprint density at radius 3 is 2.63 bits per heavy atom. The van der Waals surface area contributed by atoms with Gasteiger partial charge in [0.15, 0.2) is 5.82 Å². The summed E-state index contributed by atoms with van der Waals surface area (Å²) < 4.78 is 0. The Balaban J connectivity index is 1.72. The maximum absolute atomic E-state index is 4.83. The van der Waals surface area contributed by atoms with Crippen LogP contribution in [0.4, 0.5) is 5.82 Å². The molecule has 0 saturated heterocycles. The van der Waals surface area contributed by atoms with Gasteiger partial charge in [-0.1, -0.05) is 37.4 Å². The van der Waals surface area contributed by atoms with Gasteiger partial charge in [-0.2, -0.15) is 0 Å². The fourth-order valence-corrected chi connectivity index (χ4v) is 3.56. The molecular formula is C23H22N4. The first kappa shape index (κ1) is 17.2. The summed E-state index contributed by atoms with van der Waals surface area (Å²) in [4.78, 5) is 13.8. The van der Waals surface area contributed by atoms with Crippen molar-refractivity contribution in [2.75, 3.05) is 5.32 Å². The van der Waals surface area contributed by atoms with E-state index in [0.717, 1.165) is 41.5 Å². The summed E-state index contributed by atoms with van der Waals surface area (Å²) in [6, 6.07) is 12.3. The highest BCUT2D eigenvalue weighted by molar-refractivity contribution is 5.90. The second-order valence-corrected chi connectivity index (χ2v) is 6.70.